The van der Waals surface area contributed by atoms with Gasteiger partial charge < -0.3 is 11.1 Å². The predicted molar refractivity (Wildman–Crippen MR) is 70.6 cm³/mol. The van der Waals surface area contributed by atoms with E-state index in [4.69, 9.17) is 5.73 Å². The third-order valence-electron chi connectivity index (χ3n) is 1.97. The molecule has 2 rings (SSSR count). The summed E-state index contributed by atoms with van der Waals surface area (Å²) < 4.78 is 1.50. The number of amides is 1. The molecule has 0 aliphatic rings. The summed E-state index contributed by atoms with van der Waals surface area (Å²) in [5.41, 5.74) is 6.95. The van der Waals surface area contributed by atoms with Gasteiger partial charge >= 0.3 is 0 Å². The quantitative estimate of drug-likeness (QED) is 0.715. The van der Waals surface area contributed by atoms with Crippen molar-refractivity contribution in [3.63, 3.8) is 0 Å². The number of carbonyl (C=O) groups is 1. The molecule has 0 atom stereocenters. The first kappa shape index (κ1) is 12.1. The number of benzene rings is 1. The van der Waals surface area contributed by atoms with Gasteiger partial charge in [0.2, 0.25) is 0 Å². The fraction of sp³-hybridized carbons (Fsp3) is 0. The highest BCUT2D eigenvalue weighted by atomic mass is 79.9. The van der Waals surface area contributed by atoms with Crippen molar-refractivity contribution in [1.82, 2.24) is 15.4 Å². The second kappa shape index (κ2) is 4.84. The Morgan fingerprint density at radius 1 is 1.41 bits per heavy atom. The number of aromatic nitrogens is 3. The number of anilines is 2. The van der Waals surface area contributed by atoms with E-state index in [2.05, 4.69) is 52.6 Å². The lowest BCUT2D eigenvalue weighted by Gasteiger charge is -2.09. The zero-order valence-corrected chi connectivity index (χ0v) is 11.5. The molecule has 8 heteroatoms. The maximum absolute atomic E-state index is 11.7. The molecular weight excluding hydrogens is 354 g/mol. The van der Waals surface area contributed by atoms with Crippen molar-refractivity contribution in [1.29, 1.82) is 0 Å². The second-order valence-electron chi connectivity index (χ2n) is 3.16. The highest BCUT2D eigenvalue weighted by molar-refractivity contribution is 9.11. The molecule has 0 saturated heterocycles. The molecule has 0 saturated carbocycles. The number of halogens is 2. The van der Waals surface area contributed by atoms with Gasteiger partial charge in [-0.1, -0.05) is 15.9 Å². The van der Waals surface area contributed by atoms with Crippen molar-refractivity contribution in [3.05, 3.63) is 33.0 Å². The fourth-order valence-corrected chi connectivity index (χ4v) is 2.57. The van der Waals surface area contributed by atoms with Gasteiger partial charge in [-0.15, -0.1) is 0 Å². The monoisotopic (exact) mass is 359 g/mol. The molecule has 0 aliphatic carbocycles. The predicted octanol–water partition coefficient (Wildman–Crippen LogP) is 2.16. The zero-order chi connectivity index (χ0) is 12.4. The van der Waals surface area contributed by atoms with Crippen LogP contribution in [0.3, 0.4) is 0 Å². The van der Waals surface area contributed by atoms with Crippen molar-refractivity contribution in [2.75, 3.05) is 11.1 Å². The van der Waals surface area contributed by atoms with Crippen LogP contribution < -0.4 is 11.1 Å². The molecule has 1 amide bonds. The molecule has 6 nitrogen and oxygen atoms in total. The first-order valence-corrected chi connectivity index (χ1v) is 6.08. The lowest BCUT2D eigenvalue weighted by atomic mass is 10.2. The number of H-pyrrole nitrogens is 1. The summed E-state index contributed by atoms with van der Waals surface area (Å²) in [6.45, 7) is 0. The molecule has 0 spiro atoms. The summed E-state index contributed by atoms with van der Waals surface area (Å²) in [6, 6.07) is 3.48. The number of aromatic amines is 1. The second-order valence-corrected chi connectivity index (χ2v) is 4.93. The summed E-state index contributed by atoms with van der Waals surface area (Å²) in [5, 5.41) is 12.2. The third-order valence-corrected chi connectivity index (χ3v) is 3.05. The van der Waals surface area contributed by atoms with Crippen molar-refractivity contribution in [3.8, 4) is 0 Å². The maximum Gasteiger partial charge on any atom is 0.277 e. The standard InChI is InChI=1S/C9H7Br2N5O/c10-4-1-5(11)8(6(12)2-4)14-9(17)7-3-13-16-15-7/h1-3H,12H2,(H,14,17)(H,13,15,16). The molecule has 4 N–H and O–H groups in total. The van der Waals surface area contributed by atoms with E-state index >= 15 is 0 Å². The number of nitrogen functional groups attached to an aromatic ring is 1. The van der Waals surface area contributed by atoms with E-state index < -0.39 is 0 Å². The molecule has 1 aromatic carbocycles. The first-order chi connectivity index (χ1) is 8.08. The van der Waals surface area contributed by atoms with Crippen LogP contribution in [0.25, 0.3) is 0 Å². The molecule has 17 heavy (non-hydrogen) atoms. The van der Waals surface area contributed by atoms with E-state index in [1.54, 1.807) is 12.1 Å². The van der Waals surface area contributed by atoms with Crippen molar-refractivity contribution >= 4 is 49.1 Å². The topological polar surface area (TPSA) is 96.7 Å². The van der Waals surface area contributed by atoms with Gasteiger partial charge in [-0.2, -0.15) is 15.4 Å². The van der Waals surface area contributed by atoms with Crippen molar-refractivity contribution in [2.45, 2.75) is 0 Å². The van der Waals surface area contributed by atoms with Gasteiger partial charge in [-0.25, -0.2) is 0 Å². The molecule has 1 heterocycles. The number of carbonyl (C=O) groups excluding carboxylic acids is 1. The lowest BCUT2D eigenvalue weighted by Crippen LogP contribution is -2.14. The van der Waals surface area contributed by atoms with Gasteiger partial charge in [0, 0.05) is 8.95 Å². The Labute approximate surface area is 113 Å². The van der Waals surface area contributed by atoms with E-state index in [-0.39, 0.29) is 11.6 Å². The van der Waals surface area contributed by atoms with Crippen LogP contribution >= 0.6 is 31.9 Å². The largest absolute Gasteiger partial charge is 0.397 e. The Balaban J connectivity index is 2.28. The normalized spacial score (nSPS) is 10.2. The summed E-state index contributed by atoms with van der Waals surface area (Å²) in [4.78, 5) is 11.7. The molecular formula is C9H7Br2N5O. The summed E-state index contributed by atoms with van der Waals surface area (Å²) in [6.07, 6.45) is 1.33. The number of nitrogens with zero attached hydrogens (tertiary/aromatic N) is 2. The minimum atomic E-state index is -0.381. The highest BCUT2D eigenvalue weighted by Gasteiger charge is 2.13. The molecule has 0 unspecified atom stereocenters. The lowest BCUT2D eigenvalue weighted by molar-refractivity contribution is 0.102. The van der Waals surface area contributed by atoms with Crippen molar-refractivity contribution in [2.24, 2.45) is 0 Å². The molecule has 88 valence electrons. The zero-order valence-electron chi connectivity index (χ0n) is 8.37. The number of rotatable bonds is 2. The Bertz CT molecular complexity index is 532. The number of nitrogens with one attached hydrogen (secondary N) is 2. The Hall–Kier alpha value is -1.41. The average molecular weight is 361 g/mol. The molecule has 0 bridgehead atoms. The van der Waals surface area contributed by atoms with Crippen LogP contribution in [0.4, 0.5) is 11.4 Å². The average Bonchev–Trinajstić information content (AvgIpc) is 2.76. The summed E-state index contributed by atoms with van der Waals surface area (Å²) >= 11 is 6.62. The Morgan fingerprint density at radius 3 is 2.76 bits per heavy atom. The molecule has 2 aromatic rings. The van der Waals surface area contributed by atoms with Crippen molar-refractivity contribution < 1.29 is 4.79 Å². The maximum atomic E-state index is 11.7. The van der Waals surface area contributed by atoms with Gasteiger partial charge in [0.25, 0.3) is 5.91 Å². The molecule has 0 radical (unpaired) electrons. The van der Waals surface area contributed by atoms with E-state index in [0.717, 1.165) is 4.47 Å². The Morgan fingerprint density at radius 2 is 2.18 bits per heavy atom. The summed E-state index contributed by atoms with van der Waals surface area (Å²) in [5.74, 6) is -0.381. The van der Waals surface area contributed by atoms with Crippen LogP contribution in [-0.4, -0.2) is 21.3 Å². The van der Waals surface area contributed by atoms with Gasteiger partial charge in [0.15, 0.2) is 5.69 Å². The van der Waals surface area contributed by atoms with E-state index in [1.807, 2.05) is 0 Å². The van der Waals surface area contributed by atoms with Crippen LogP contribution in [0.1, 0.15) is 10.5 Å². The number of hydrogen-bond donors (Lipinski definition) is 3. The van der Waals surface area contributed by atoms with Crippen LogP contribution in [0, 0.1) is 0 Å². The summed E-state index contributed by atoms with van der Waals surface area (Å²) in [7, 11) is 0. The van der Waals surface area contributed by atoms with Gasteiger partial charge in [0.05, 0.1) is 17.6 Å². The van der Waals surface area contributed by atoms with E-state index in [1.165, 1.54) is 6.20 Å². The number of hydrogen-bond acceptors (Lipinski definition) is 4. The number of nitrogens with two attached hydrogens (primary N) is 1. The fourth-order valence-electron chi connectivity index (χ4n) is 1.21. The highest BCUT2D eigenvalue weighted by Crippen LogP contribution is 2.32. The molecule has 0 aliphatic heterocycles. The van der Waals surface area contributed by atoms with Gasteiger partial charge in [-0.05, 0) is 28.1 Å². The Kier molecular flexibility index (Phi) is 3.43. The minimum absolute atomic E-state index is 0.194. The van der Waals surface area contributed by atoms with Crippen LogP contribution in [0.15, 0.2) is 27.3 Å². The smallest absolute Gasteiger partial charge is 0.277 e. The van der Waals surface area contributed by atoms with Crippen LogP contribution in [-0.2, 0) is 0 Å². The molecule has 0 fully saturated rings. The van der Waals surface area contributed by atoms with Crippen LogP contribution in [0.5, 0.6) is 0 Å². The van der Waals surface area contributed by atoms with E-state index in [9.17, 15) is 4.79 Å². The minimum Gasteiger partial charge on any atom is -0.397 e. The van der Waals surface area contributed by atoms with Crippen LogP contribution in [0.2, 0.25) is 0 Å². The SMILES string of the molecule is Nc1cc(Br)cc(Br)c1NC(=O)c1cn[nH]n1. The third kappa shape index (κ3) is 2.64. The van der Waals surface area contributed by atoms with Gasteiger partial charge in [-0.3, -0.25) is 4.79 Å². The van der Waals surface area contributed by atoms with Gasteiger partial charge in [0.1, 0.15) is 0 Å². The molecule has 1 aromatic heterocycles. The van der Waals surface area contributed by atoms with E-state index in [0.29, 0.717) is 15.8 Å². The first-order valence-electron chi connectivity index (χ1n) is 4.49.